The quantitative estimate of drug-likeness (QED) is 0.503. The molecule has 2 N–H and O–H groups in total. The molecule has 0 fully saturated rings. The van der Waals surface area contributed by atoms with Crippen LogP contribution in [0.5, 0.6) is 5.75 Å². The Kier molecular flexibility index (Phi) is 5.18. The SMILES string of the molecule is COc1cc(C(=O)OCCOC(C)(C)C)ccc1N. The van der Waals surface area contributed by atoms with Gasteiger partial charge in [-0.15, -0.1) is 0 Å². The number of esters is 1. The lowest BCUT2D eigenvalue weighted by Gasteiger charge is -2.19. The van der Waals surface area contributed by atoms with Crippen LogP contribution in [0.3, 0.4) is 0 Å². The van der Waals surface area contributed by atoms with Crippen molar-refractivity contribution in [3.63, 3.8) is 0 Å². The van der Waals surface area contributed by atoms with Crippen LogP contribution < -0.4 is 10.5 Å². The van der Waals surface area contributed by atoms with Gasteiger partial charge in [0.2, 0.25) is 0 Å². The first-order chi connectivity index (χ1) is 8.83. The van der Waals surface area contributed by atoms with Crippen molar-refractivity contribution in [1.29, 1.82) is 0 Å². The number of methoxy groups -OCH3 is 1. The lowest BCUT2D eigenvalue weighted by molar-refractivity contribution is -0.0281. The molecule has 0 amide bonds. The van der Waals surface area contributed by atoms with Gasteiger partial charge in [-0.1, -0.05) is 0 Å². The molecule has 0 unspecified atom stereocenters. The van der Waals surface area contributed by atoms with Crippen LogP contribution in [-0.4, -0.2) is 31.9 Å². The number of benzene rings is 1. The number of hydrogen-bond donors (Lipinski definition) is 1. The molecule has 0 aromatic heterocycles. The molecule has 0 aliphatic rings. The van der Waals surface area contributed by atoms with Crippen molar-refractivity contribution in [2.24, 2.45) is 0 Å². The van der Waals surface area contributed by atoms with E-state index in [1.54, 1.807) is 18.2 Å². The van der Waals surface area contributed by atoms with E-state index in [2.05, 4.69) is 0 Å². The Labute approximate surface area is 113 Å². The van der Waals surface area contributed by atoms with E-state index in [4.69, 9.17) is 19.9 Å². The first-order valence-corrected chi connectivity index (χ1v) is 6.08. The van der Waals surface area contributed by atoms with Gasteiger partial charge in [-0.25, -0.2) is 4.79 Å². The summed E-state index contributed by atoms with van der Waals surface area (Å²) in [6.07, 6.45) is 0. The van der Waals surface area contributed by atoms with Gasteiger partial charge in [-0.3, -0.25) is 0 Å². The molecule has 5 heteroatoms. The Balaban J connectivity index is 2.50. The van der Waals surface area contributed by atoms with Gasteiger partial charge in [0, 0.05) is 0 Å². The van der Waals surface area contributed by atoms with Crippen molar-refractivity contribution in [1.82, 2.24) is 0 Å². The van der Waals surface area contributed by atoms with Crippen LogP contribution in [-0.2, 0) is 9.47 Å². The molecule has 0 aliphatic carbocycles. The maximum atomic E-state index is 11.8. The monoisotopic (exact) mass is 267 g/mol. The summed E-state index contributed by atoms with van der Waals surface area (Å²) in [5.74, 6) is 0.0381. The molecule has 5 nitrogen and oxygen atoms in total. The number of ether oxygens (including phenoxy) is 3. The number of anilines is 1. The standard InChI is InChI=1S/C14H21NO4/c1-14(2,3)19-8-7-18-13(16)10-5-6-11(15)12(9-10)17-4/h5-6,9H,7-8,15H2,1-4H3. The lowest BCUT2D eigenvalue weighted by atomic mass is 10.2. The molecule has 0 radical (unpaired) electrons. The summed E-state index contributed by atoms with van der Waals surface area (Å²) < 4.78 is 15.6. The van der Waals surface area contributed by atoms with Crippen LogP contribution in [0.15, 0.2) is 18.2 Å². The second-order valence-corrected chi connectivity index (χ2v) is 5.05. The first-order valence-electron chi connectivity index (χ1n) is 6.08. The zero-order valence-electron chi connectivity index (χ0n) is 11.9. The third kappa shape index (κ3) is 5.18. The lowest BCUT2D eigenvalue weighted by Crippen LogP contribution is -2.22. The van der Waals surface area contributed by atoms with Crippen molar-refractivity contribution < 1.29 is 19.0 Å². The number of hydrogen-bond acceptors (Lipinski definition) is 5. The average molecular weight is 267 g/mol. The molecule has 1 aromatic carbocycles. The maximum Gasteiger partial charge on any atom is 0.338 e. The summed E-state index contributed by atoms with van der Waals surface area (Å²) in [5, 5.41) is 0. The summed E-state index contributed by atoms with van der Waals surface area (Å²) in [5.41, 5.74) is 6.32. The van der Waals surface area contributed by atoms with E-state index in [0.29, 0.717) is 23.6 Å². The van der Waals surface area contributed by atoms with Crippen LogP contribution in [0.4, 0.5) is 5.69 Å². The molecule has 1 aromatic rings. The van der Waals surface area contributed by atoms with Gasteiger partial charge >= 0.3 is 5.97 Å². The van der Waals surface area contributed by atoms with Gasteiger partial charge in [-0.2, -0.15) is 0 Å². The third-order valence-electron chi connectivity index (χ3n) is 2.32. The van der Waals surface area contributed by atoms with Crippen LogP contribution in [0, 0.1) is 0 Å². The minimum atomic E-state index is -0.421. The maximum absolute atomic E-state index is 11.8. The predicted octanol–water partition coefficient (Wildman–Crippen LogP) is 2.25. The van der Waals surface area contributed by atoms with Crippen LogP contribution >= 0.6 is 0 Å². The van der Waals surface area contributed by atoms with Gasteiger partial charge in [0.05, 0.1) is 30.6 Å². The predicted molar refractivity (Wildman–Crippen MR) is 73.4 cm³/mol. The summed E-state index contributed by atoms with van der Waals surface area (Å²) in [4.78, 5) is 11.8. The highest BCUT2D eigenvalue weighted by molar-refractivity contribution is 5.90. The first kappa shape index (κ1) is 15.3. The fourth-order valence-electron chi connectivity index (χ4n) is 1.40. The zero-order chi connectivity index (χ0) is 14.5. The molecule has 0 atom stereocenters. The topological polar surface area (TPSA) is 70.8 Å². The van der Waals surface area contributed by atoms with Gasteiger partial charge in [0.25, 0.3) is 0 Å². The van der Waals surface area contributed by atoms with Gasteiger partial charge in [-0.05, 0) is 39.0 Å². The van der Waals surface area contributed by atoms with Crippen molar-refractivity contribution in [2.75, 3.05) is 26.1 Å². The van der Waals surface area contributed by atoms with E-state index in [1.807, 2.05) is 20.8 Å². The Morgan fingerprint density at radius 1 is 1.26 bits per heavy atom. The molecule has 106 valence electrons. The van der Waals surface area contributed by atoms with Crippen LogP contribution in [0.25, 0.3) is 0 Å². The van der Waals surface area contributed by atoms with Crippen molar-refractivity contribution in [2.45, 2.75) is 26.4 Å². The summed E-state index contributed by atoms with van der Waals surface area (Å²) in [7, 11) is 1.50. The second kappa shape index (κ2) is 6.43. The second-order valence-electron chi connectivity index (χ2n) is 5.05. The van der Waals surface area contributed by atoms with Gasteiger partial charge in [0.1, 0.15) is 12.4 Å². The molecular formula is C14H21NO4. The van der Waals surface area contributed by atoms with E-state index < -0.39 is 5.97 Å². The Bertz CT molecular complexity index is 438. The fraction of sp³-hybridized carbons (Fsp3) is 0.500. The number of nitrogens with two attached hydrogens (primary N) is 1. The molecule has 0 saturated heterocycles. The molecule has 0 saturated carbocycles. The zero-order valence-corrected chi connectivity index (χ0v) is 11.9. The Morgan fingerprint density at radius 2 is 1.95 bits per heavy atom. The molecular weight excluding hydrogens is 246 g/mol. The van der Waals surface area contributed by atoms with E-state index in [1.165, 1.54) is 7.11 Å². The van der Waals surface area contributed by atoms with E-state index in [9.17, 15) is 4.79 Å². The molecule has 19 heavy (non-hydrogen) atoms. The van der Waals surface area contributed by atoms with Crippen molar-refractivity contribution >= 4 is 11.7 Å². The average Bonchev–Trinajstić information content (AvgIpc) is 2.33. The van der Waals surface area contributed by atoms with E-state index in [-0.39, 0.29) is 12.2 Å². The largest absolute Gasteiger partial charge is 0.495 e. The molecule has 0 aliphatic heterocycles. The van der Waals surface area contributed by atoms with Gasteiger partial charge in [0.15, 0.2) is 0 Å². The molecule has 0 bridgehead atoms. The highest BCUT2D eigenvalue weighted by atomic mass is 16.6. The summed E-state index contributed by atoms with van der Waals surface area (Å²) in [6.45, 7) is 6.41. The van der Waals surface area contributed by atoms with Crippen molar-refractivity contribution in [3.8, 4) is 5.75 Å². The highest BCUT2D eigenvalue weighted by Crippen LogP contribution is 2.22. The normalized spacial score (nSPS) is 11.2. The highest BCUT2D eigenvalue weighted by Gasteiger charge is 2.12. The van der Waals surface area contributed by atoms with Crippen LogP contribution in [0.2, 0.25) is 0 Å². The molecule has 0 heterocycles. The Hall–Kier alpha value is -1.75. The molecule has 1 rings (SSSR count). The van der Waals surface area contributed by atoms with E-state index >= 15 is 0 Å². The molecule has 0 spiro atoms. The van der Waals surface area contributed by atoms with Crippen molar-refractivity contribution in [3.05, 3.63) is 23.8 Å². The van der Waals surface area contributed by atoms with Crippen LogP contribution in [0.1, 0.15) is 31.1 Å². The summed E-state index contributed by atoms with van der Waals surface area (Å²) >= 11 is 0. The number of nitrogen functional groups attached to an aromatic ring is 1. The summed E-state index contributed by atoms with van der Waals surface area (Å²) in [6, 6.07) is 4.77. The number of rotatable bonds is 5. The van der Waals surface area contributed by atoms with E-state index in [0.717, 1.165) is 0 Å². The Morgan fingerprint density at radius 3 is 2.53 bits per heavy atom. The minimum Gasteiger partial charge on any atom is -0.495 e. The third-order valence-corrected chi connectivity index (χ3v) is 2.32. The smallest absolute Gasteiger partial charge is 0.338 e. The fourth-order valence-corrected chi connectivity index (χ4v) is 1.40. The van der Waals surface area contributed by atoms with Gasteiger partial charge < -0.3 is 19.9 Å². The number of carbonyl (C=O) groups is 1. The minimum absolute atomic E-state index is 0.211. The number of carbonyl (C=O) groups excluding carboxylic acids is 1.